The maximum Gasteiger partial charge on any atom is 0.264 e. The molecule has 4 aromatic rings. The smallest absolute Gasteiger partial charge is 0.264 e. The third kappa shape index (κ3) is 6.36. The maximum absolute atomic E-state index is 13.5. The molecule has 0 bridgehead atoms. The molecule has 1 amide bonds. The normalized spacial score (nSPS) is 11.6. The van der Waals surface area contributed by atoms with Crippen LogP contribution in [-0.2, 0) is 14.8 Å². The van der Waals surface area contributed by atoms with E-state index < -0.39 is 22.5 Å². The number of nitrogens with zero attached hydrogens (tertiary/aromatic N) is 3. The van der Waals surface area contributed by atoms with Gasteiger partial charge in [-0.2, -0.15) is 5.10 Å². The molecule has 1 heterocycles. The number of aromatic nitrogens is 1. The monoisotopic (exact) mass is 582 g/mol. The zero-order valence-corrected chi connectivity index (χ0v) is 24.3. The lowest BCUT2D eigenvalue weighted by molar-refractivity contribution is -0.119. The van der Waals surface area contributed by atoms with E-state index in [1.165, 1.54) is 18.3 Å². The molecule has 39 heavy (non-hydrogen) atoms. The Morgan fingerprint density at radius 1 is 0.949 bits per heavy atom. The molecule has 7 nitrogen and oxygen atoms in total. The molecule has 10 heteroatoms. The van der Waals surface area contributed by atoms with E-state index in [9.17, 15) is 13.2 Å². The van der Waals surface area contributed by atoms with Gasteiger partial charge in [-0.25, -0.2) is 13.8 Å². The molecule has 0 radical (unpaired) electrons. The minimum atomic E-state index is -4.01. The lowest BCUT2D eigenvalue weighted by Gasteiger charge is -2.24. The summed E-state index contributed by atoms with van der Waals surface area (Å²) < 4.78 is 30.1. The van der Waals surface area contributed by atoms with Crippen LogP contribution in [0.15, 0.2) is 82.8 Å². The third-order valence-electron chi connectivity index (χ3n) is 6.13. The van der Waals surface area contributed by atoms with Gasteiger partial charge >= 0.3 is 0 Å². The van der Waals surface area contributed by atoms with Crippen molar-refractivity contribution in [3.8, 4) is 5.69 Å². The second kappa shape index (κ2) is 11.7. The lowest BCUT2D eigenvalue weighted by atomic mass is 10.1. The average Bonchev–Trinajstić information content (AvgIpc) is 3.15. The lowest BCUT2D eigenvalue weighted by Crippen LogP contribution is -2.39. The van der Waals surface area contributed by atoms with E-state index in [-0.39, 0.29) is 4.90 Å². The summed E-state index contributed by atoms with van der Waals surface area (Å²) in [4.78, 5) is 13.0. The molecule has 0 saturated carbocycles. The van der Waals surface area contributed by atoms with Crippen LogP contribution in [0.5, 0.6) is 0 Å². The van der Waals surface area contributed by atoms with Crippen LogP contribution in [-0.4, -0.2) is 31.7 Å². The molecule has 3 aromatic carbocycles. The molecule has 1 N–H and O–H groups in total. The van der Waals surface area contributed by atoms with Crippen molar-refractivity contribution in [2.75, 3.05) is 10.8 Å². The summed E-state index contributed by atoms with van der Waals surface area (Å²) in [5, 5.41) is 5.16. The van der Waals surface area contributed by atoms with E-state index in [1.807, 2.05) is 50.5 Å². The first-order valence-electron chi connectivity index (χ1n) is 12.1. The van der Waals surface area contributed by atoms with E-state index in [2.05, 4.69) is 10.5 Å². The number of hydrogen-bond acceptors (Lipinski definition) is 4. The Morgan fingerprint density at radius 3 is 2.26 bits per heavy atom. The van der Waals surface area contributed by atoms with Gasteiger partial charge in [-0.05, 0) is 87.4 Å². The van der Waals surface area contributed by atoms with Crippen molar-refractivity contribution in [1.82, 2.24) is 9.99 Å². The van der Waals surface area contributed by atoms with Gasteiger partial charge in [0.05, 0.1) is 27.5 Å². The second-order valence-corrected chi connectivity index (χ2v) is 11.9. The number of amides is 1. The van der Waals surface area contributed by atoms with Crippen molar-refractivity contribution in [1.29, 1.82) is 0 Å². The number of rotatable bonds is 8. The fourth-order valence-corrected chi connectivity index (χ4v) is 6.34. The molecule has 202 valence electrons. The topological polar surface area (TPSA) is 83.8 Å². The van der Waals surface area contributed by atoms with E-state index in [0.29, 0.717) is 15.7 Å². The Hall–Kier alpha value is -3.59. The standard InChI is InChI=1S/C29H28Cl2N4O3S/c1-19-12-20(2)14-25(13-19)34(39(37,38)26-8-6-5-7-9-26)18-29(36)33-32-17-23-15-21(3)35(22(23)4)28-11-10-24(30)16-27(28)31/h5-17H,18H2,1-4H3,(H,33,36)/b32-17+. The van der Waals surface area contributed by atoms with E-state index in [4.69, 9.17) is 23.2 Å². The number of halogens is 2. The highest BCUT2D eigenvalue weighted by Gasteiger charge is 2.27. The highest BCUT2D eigenvalue weighted by Crippen LogP contribution is 2.29. The van der Waals surface area contributed by atoms with Crippen LogP contribution < -0.4 is 9.73 Å². The highest BCUT2D eigenvalue weighted by atomic mass is 35.5. The molecule has 0 saturated heterocycles. The number of anilines is 1. The van der Waals surface area contributed by atoms with Crippen LogP contribution in [0.3, 0.4) is 0 Å². The van der Waals surface area contributed by atoms with Gasteiger partial charge in [-0.3, -0.25) is 9.10 Å². The van der Waals surface area contributed by atoms with Gasteiger partial charge in [-0.1, -0.05) is 47.5 Å². The summed E-state index contributed by atoms with van der Waals surface area (Å²) in [6.07, 6.45) is 1.52. The fourth-order valence-electron chi connectivity index (χ4n) is 4.42. The van der Waals surface area contributed by atoms with Crippen molar-refractivity contribution in [2.45, 2.75) is 32.6 Å². The van der Waals surface area contributed by atoms with E-state index in [0.717, 1.165) is 38.1 Å². The summed E-state index contributed by atoms with van der Waals surface area (Å²) in [7, 11) is -4.01. The molecule has 4 rings (SSSR count). The molecule has 0 aliphatic rings. The predicted octanol–water partition coefficient (Wildman–Crippen LogP) is 6.36. The molecule has 0 aliphatic heterocycles. The van der Waals surface area contributed by atoms with Crippen LogP contribution in [0.1, 0.15) is 28.1 Å². The van der Waals surface area contributed by atoms with Crippen LogP contribution in [0.4, 0.5) is 5.69 Å². The van der Waals surface area contributed by atoms with Gasteiger partial charge in [0.15, 0.2) is 0 Å². The Morgan fingerprint density at radius 2 is 1.62 bits per heavy atom. The molecular weight excluding hydrogens is 555 g/mol. The molecule has 0 fully saturated rings. The van der Waals surface area contributed by atoms with Crippen molar-refractivity contribution in [3.05, 3.63) is 111 Å². The number of nitrogens with one attached hydrogen (secondary N) is 1. The van der Waals surface area contributed by atoms with E-state index >= 15 is 0 Å². The molecule has 0 aliphatic carbocycles. The fraction of sp³-hybridized carbons (Fsp3) is 0.172. The van der Waals surface area contributed by atoms with Gasteiger partial charge < -0.3 is 4.57 Å². The van der Waals surface area contributed by atoms with Crippen molar-refractivity contribution in [3.63, 3.8) is 0 Å². The first-order chi connectivity index (χ1) is 18.5. The Bertz CT molecular complexity index is 1650. The van der Waals surface area contributed by atoms with Crippen molar-refractivity contribution < 1.29 is 13.2 Å². The number of carbonyl (C=O) groups excluding carboxylic acids is 1. The van der Waals surface area contributed by atoms with Crippen LogP contribution in [0.2, 0.25) is 10.0 Å². The number of hydrogen-bond donors (Lipinski definition) is 1. The third-order valence-corrected chi connectivity index (χ3v) is 8.45. The number of carbonyl (C=O) groups is 1. The van der Waals surface area contributed by atoms with Gasteiger partial charge in [0, 0.05) is 22.0 Å². The Labute approximate surface area is 238 Å². The first-order valence-corrected chi connectivity index (χ1v) is 14.3. The van der Waals surface area contributed by atoms with Gasteiger partial charge in [0.25, 0.3) is 15.9 Å². The summed E-state index contributed by atoms with van der Waals surface area (Å²) in [5.74, 6) is -0.584. The van der Waals surface area contributed by atoms with Gasteiger partial charge in [-0.15, -0.1) is 0 Å². The van der Waals surface area contributed by atoms with Crippen molar-refractivity contribution in [2.24, 2.45) is 5.10 Å². The quantitative estimate of drug-likeness (QED) is 0.194. The van der Waals surface area contributed by atoms with Crippen LogP contribution in [0, 0.1) is 27.7 Å². The SMILES string of the molecule is Cc1cc(C)cc(N(CC(=O)N/N=C/c2cc(C)n(-c3ccc(Cl)cc3Cl)c2C)S(=O)(=O)c2ccccc2)c1. The van der Waals surface area contributed by atoms with Gasteiger partial charge in [0.2, 0.25) is 0 Å². The number of hydrazone groups is 1. The second-order valence-electron chi connectivity index (χ2n) is 9.22. The van der Waals surface area contributed by atoms with Crippen LogP contribution in [0.25, 0.3) is 5.69 Å². The van der Waals surface area contributed by atoms with Crippen molar-refractivity contribution >= 4 is 51.0 Å². The Balaban J connectivity index is 1.58. The molecule has 1 aromatic heterocycles. The number of sulfonamides is 1. The zero-order valence-electron chi connectivity index (χ0n) is 21.9. The first kappa shape index (κ1) is 28.4. The van der Waals surface area contributed by atoms with Crippen LogP contribution >= 0.6 is 23.2 Å². The maximum atomic E-state index is 13.5. The van der Waals surface area contributed by atoms with E-state index in [1.54, 1.807) is 42.5 Å². The molecular formula is C29H28Cl2N4O3S. The summed E-state index contributed by atoms with van der Waals surface area (Å²) in [6, 6.07) is 20.6. The molecule has 0 unspecified atom stereocenters. The summed E-state index contributed by atoms with van der Waals surface area (Å²) in [5.41, 5.74) is 7.95. The zero-order chi connectivity index (χ0) is 28.3. The predicted molar refractivity (Wildman–Crippen MR) is 158 cm³/mol. The Kier molecular flexibility index (Phi) is 8.49. The highest BCUT2D eigenvalue weighted by molar-refractivity contribution is 7.92. The number of benzene rings is 3. The average molecular weight is 584 g/mol. The molecule has 0 spiro atoms. The minimum absolute atomic E-state index is 0.0914. The number of aryl methyl sites for hydroxylation is 3. The minimum Gasteiger partial charge on any atom is -0.316 e. The summed E-state index contributed by atoms with van der Waals surface area (Å²) >= 11 is 12.5. The molecule has 0 atom stereocenters. The largest absolute Gasteiger partial charge is 0.316 e. The summed E-state index contributed by atoms with van der Waals surface area (Å²) in [6.45, 7) is 7.15. The van der Waals surface area contributed by atoms with Gasteiger partial charge in [0.1, 0.15) is 6.54 Å².